The summed E-state index contributed by atoms with van der Waals surface area (Å²) in [6.07, 6.45) is -4.38. The van der Waals surface area contributed by atoms with Crippen molar-refractivity contribution in [2.24, 2.45) is 0 Å². The predicted octanol–water partition coefficient (Wildman–Crippen LogP) is 2.91. The number of halogens is 3. The van der Waals surface area contributed by atoms with E-state index in [1.165, 1.54) is 24.1 Å². The summed E-state index contributed by atoms with van der Waals surface area (Å²) in [5, 5.41) is 9.62. The van der Waals surface area contributed by atoms with Crippen LogP contribution in [0.4, 0.5) is 18.9 Å². The lowest BCUT2D eigenvalue weighted by Crippen LogP contribution is -2.37. The summed E-state index contributed by atoms with van der Waals surface area (Å²) in [5.74, 6) is 0. The number of benzene rings is 1. The van der Waals surface area contributed by atoms with E-state index in [9.17, 15) is 18.3 Å². The molecule has 0 atom stereocenters. The van der Waals surface area contributed by atoms with Crippen LogP contribution < -0.4 is 4.90 Å². The van der Waals surface area contributed by atoms with E-state index in [1.54, 1.807) is 19.9 Å². The van der Waals surface area contributed by atoms with Crippen molar-refractivity contribution in [3.8, 4) is 0 Å². The van der Waals surface area contributed by atoms with Crippen LogP contribution in [-0.4, -0.2) is 24.3 Å². The van der Waals surface area contributed by atoms with Crippen LogP contribution >= 0.6 is 0 Å². The summed E-state index contributed by atoms with van der Waals surface area (Å²) in [6.45, 7) is 3.24. The topological polar surface area (TPSA) is 23.5 Å². The normalized spacial score (nSPS) is 12.6. The molecule has 0 fully saturated rings. The summed E-state index contributed by atoms with van der Waals surface area (Å²) in [5.41, 5.74) is -1.66. The van der Waals surface area contributed by atoms with E-state index >= 15 is 0 Å². The molecule has 0 spiro atoms. The number of likely N-dealkylation sites (N-methyl/N-ethyl adjacent to an activating group) is 1. The first-order chi connectivity index (χ1) is 7.61. The van der Waals surface area contributed by atoms with Gasteiger partial charge in [-0.25, -0.2) is 0 Å². The third kappa shape index (κ3) is 3.93. The number of anilines is 1. The fourth-order valence-corrected chi connectivity index (χ4v) is 1.71. The van der Waals surface area contributed by atoms with E-state index in [0.29, 0.717) is 0 Å². The highest BCUT2D eigenvalue weighted by Gasteiger charge is 2.34. The second kappa shape index (κ2) is 4.56. The molecular formula is C12H16F3NO. The molecule has 0 aromatic heterocycles. The van der Waals surface area contributed by atoms with Crippen LogP contribution in [0.5, 0.6) is 0 Å². The summed E-state index contributed by atoms with van der Waals surface area (Å²) in [6, 6.07) is 5.33. The van der Waals surface area contributed by atoms with E-state index in [2.05, 4.69) is 0 Å². The minimum absolute atomic E-state index is 0.0714. The molecule has 5 heteroatoms. The molecule has 1 aromatic carbocycles. The van der Waals surface area contributed by atoms with Crippen LogP contribution in [0.25, 0.3) is 0 Å². The van der Waals surface area contributed by atoms with Crippen molar-refractivity contribution in [2.75, 3.05) is 18.5 Å². The first kappa shape index (κ1) is 13.8. The Balaban J connectivity index is 3.06. The van der Waals surface area contributed by atoms with Gasteiger partial charge in [0.1, 0.15) is 0 Å². The Morgan fingerprint density at radius 3 is 2.18 bits per heavy atom. The van der Waals surface area contributed by atoms with Gasteiger partial charge < -0.3 is 10.0 Å². The molecule has 0 aliphatic heterocycles. The standard InChI is InChI=1S/C12H16F3NO/c1-11(2,17)8-16(3)10-7-5-4-6-9(10)12(13,14)15/h4-7,17H,8H2,1-3H3. The number of rotatable bonds is 3. The summed E-state index contributed by atoms with van der Waals surface area (Å²) in [7, 11) is 1.53. The van der Waals surface area contributed by atoms with Crippen molar-refractivity contribution in [1.82, 2.24) is 0 Å². The first-order valence-electron chi connectivity index (χ1n) is 5.21. The van der Waals surface area contributed by atoms with Crippen LogP contribution in [0.1, 0.15) is 19.4 Å². The van der Waals surface area contributed by atoms with E-state index in [0.717, 1.165) is 6.07 Å². The molecule has 0 saturated heterocycles. The van der Waals surface area contributed by atoms with Crippen molar-refractivity contribution >= 4 is 5.69 Å². The van der Waals surface area contributed by atoms with Crippen LogP contribution in [0, 0.1) is 0 Å². The Morgan fingerprint density at radius 2 is 1.71 bits per heavy atom. The van der Waals surface area contributed by atoms with Gasteiger partial charge in [0.05, 0.1) is 11.2 Å². The highest BCUT2D eigenvalue weighted by Crippen LogP contribution is 2.36. The maximum Gasteiger partial charge on any atom is 0.418 e. The zero-order valence-corrected chi connectivity index (χ0v) is 10.0. The fourth-order valence-electron chi connectivity index (χ4n) is 1.71. The first-order valence-corrected chi connectivity index (χ1v) is 5.21. The third-order valence-electron chi connectivity index (χ3n) is 2.24. The number of hydrogen-bond donors (Lipinski definition) is 1. The monoisotopic (exact) mass is 247 g/mol. The molecule has 1 N–H and O–H groups in total. The minimum atomic E-state index is -4.38. The maximum absolute atomic E-state index is 12.8. The van der Waals surface area contributed by atoms with E-state index in [1.807, 2.05) is 0 Å². The number of hydrogen-bond acceptors (Lipinski definition) is 2. The van der Waals surface area contributed by atoms with E-state index < -0.39 is 17.3 Å². The Kier molecular flexibility index (Phi) is 3.71. The molecule has 0 aliphatic carbocycles. The van der Waals surface area contributed by atoms with Crippen molar-refractivity contribution in [1.29, 1.82) is 0 Å². The van der Waals surface area contributed by atoms with Crippen molar-refractivity contribution in [3.63, 3.8) is 0 Å². The van der Waals surface area contributed by atoms with Gasteiger partial charge in [-0.1, -0.05) is 12.1 Å². The van der Waals surface area contributed by atoms with Gasteiger partial charge in [-0.2, -0.15) is 13.2 Å². The smallest absolute Gasteiger partial charge is 0.389 e. The molecule has 96 valence electrons. The fraction of sp³-hybridized carbons (Fsp3) is 0.500. The number of alkyl halides is 3. The maximum atomic E-state index is 12.8. The Morgan fingerprint density at radius 1 is 1.18 bits per heavy atom. The van der Waals surface area contributed by atoms with Crippen LogP contribution in [0.2, 0.25) is 0 Å². The van der Waals surface area contributed by atoms with E-state index in [-0.39, 0.29) is 12.2 Å². The lowest BCUT2D eigenvalue weighted by molar-refractivity contribution is -0.137. The summed E-state index contributed by atoms with van der Waals surface area (Å²) >= 11 is 0. The molecule has 0 radical (unpaired) electrons. The van der Waals surface area contributed by atoms with Gasteiger partial charge in [-0.3, -0.25) is 0 Å². The number of nitrogens with zero attached hydrogens (tertiary/aromatic N) is 1. The van der Waals surface area contributed by atoms with Gasteiger partial charge in [0.2, 0.25) is 0 Å². The predicted molar refractivity (Wildman–Crippen MR) is 61.0 cm³/mol. The highest BCUT2D eigenvalue weighted by molar-refractivity contribution is 5.54. The second-order valence-corrected chi connectivity index (χ2v) is 4.68. The molecule has 1 rings (SSSR count). The lowest BCUT2D eigenvalue weighted by Gasteiger charge is -2.29. The van der Waals surface area contributed by atoms with Crippen molar-refractivity contribution in [2.45, 2.75) is 25.6 Å². The molecule has 0 bridgehead atoms. The van der Waals surface area contributed by atoms with Gasteiger partial charge in [-0.05, 0) is 26.0 Å². The van der Waals surface area contributed by atoms with Gasteiger partial charge in [0.15, 0.2) is 0 Å². The molecule has 0 amide bonds. The molecule has 0 aliphatic rings. The molecular weight excluding hydrogens is 231 g/mol. The quantitative estimate of drug-likeness (QED) is 0.887. The van der Waals surface area contributed by atoms with Crippen LogP contribution in [-0.2, 0) is 6.18 Å². The molecule has 2 nitrogen and oxygen atoms in total. The molecule has 1 aromatic rings. The minimum Gasteiger partial charge on any atom is -0.389 e. The lowest BCUT2D eigenvalue weighted by atomic mass is 10.1. The SMILES string of the molecule is CN(CC(C)(C)O)c1ccccc1C(F)(F)F. The van der Waals surface area contributed by atoms with Crippen LogP contribution in [0.3, 0.4) is 0 Å². The van der Waals surface area contributed by atoms with Gasteiger partial charge in [0, 0.05) is 19.3 Å². The largest absolute Gasteiger partial charge is 0.418 e. The van der Waals surface area contributed by atoms with Crippen LogP contribution in [0.15, 0.2) is 24.3 Å². The van der Waals surface area contributed by atoms with Gasteiger partial charge in [-0.15, -0.1) is 0 Å². The highest BCUT2D eigenvalue weighted by atomic mass is 19.4. The zero-order chi connectivity index (χ0) is 13.3. The number of aliphatic hydroxyl groups is 1. The third-order valence-corrected chi connectivity index (χ3v) is 2.24. The van der Waals surface area contributed by atoms with Gasteiger partial charge >= 0.3 is 6.18 Å². The second-order valence-electron chi connectivity index (χ2n) is 4.68. The molecule has 0 unspecified atom stereocenters. The number of para-hydroxylation sites is 1. The Labute approximate surface area is 98.7 Å². The molecule has 0 saturated carbocycles. The Bertz CT molecular complexity index is 382. The average molecular weight is 247 g/mol. The summed E-state index contributed by atoms with van der Waals surface area (Å²) in [4.78, 5) is 1.41. The van der Waals surface area contributed by atoms with E-state index in [4.69, 9.17) is 0 Å². The summed E-state index contributed by atoms with van der Waals surface area (Å²) < 4.78 is 38.3. The average Bonchev–Trinajstić information content (AvgIpc) is 2.13. The Hall–Kier alpha value is -1.23. The van der Waals surface area contributed by atoms with Crippen molar-refractivity contribution < 1.29 is 18.3 Å². The van der Waals surface area contributed by atoms with Crippen molar-refractivity contribution in [3.05, 3.63) is 29.8 Å². The zero-order valence-electron chi connectivity index (χ0n) is 10.0. The van der Waals surface area contributed by atoms with Gasteiger partial charge in [0.25, 0.3) is 0 Å². The molecule has 0 heterocycles. The molecule has 17 heavy (non-hydrogen) atoms.